The Morgan fingerprint density at radius 3 is 2.45 bits per heavy atom. The minimum Gasteiger partial charge on any atom is -0.407 e. The van der Waals surface area contributed by atoms with Crippen LogP contribution in [-0.4, -0.2) is 38.5 Å². The summed E-state index contributed by atoms with van der Waals surface area (Å²) < 4.78 is 51.7. The first kappa shape index (κ1) is 17.2. The lowest BCUT2D eigenvalue weighted by molar-refractivity contribution is 0.445. The van der Waals surface area contributed by atoms with E-state index in [2.05, 4.69) is 0 Å². The molecule has 2 rings (SSSR count). The Labute approximate surface area is 133 Å². The smallest absolute Gasteiger partial charge is 0.407 e. The average molecular weight is 369 g/mol. The van der Waals surface area contributed by atoms with Gasteiger partial charge in [0.15, 0.2) is 5.58 Å². The van der Waals surface area contributed by atoms with E-state index in [9.17, 15) is 17.4 Å². The molecule has 0 saturated carbocycles. The number of halogens is 1. The van der Waals surface area contributed by atoms with Gasteiger partial charge in [-0.15, -0.1) is 0 Å². The van der Waals surface area contributed by atoms with Crippen molar-refractivity contribution in [2.75, 3.05) is 13.1 Å². The molecule has 2 aromatic rings. The first-order valence-corrected chi connectivity index (χ1v) is 9.08. The number of fused-ring (bicyclic) bond motifs is 1. The second-order valence-corrected chi connectivity index (χ2v) is 7.37. The Morgan fingerprint density at radius 2 is 1.95 bits per heavy atom. The number of nitrogens with zero attached hydrogens (tertiary/aromatic N) is 2. The molecule has 0 amide bonds. The maximum absolute atomic E-state index is 12.5. The SMILES string of the molecule is CCN(CC)S(=O)(=O)c1cc2oc(=O)n(S(=O)O)c2cc1Cl. The van der Waals surface area contributed by atoms with Crippen molar-refractivity contribution < 1.29 is 21.6 Å². The van der Waals surface area contributed by atoms with E-state index < -0.39 is 27.0 Å². The molecule has 0 radical (unpaired) electrons. The van der Waals surface area contributed by atoms with Crippen molar-refractivity contribution in [2.24, 2.45) is 0 Å². The van der Waals surface area contributed by atoms with Gasteiger partial charge in [-0.1, -0.05) is 25.4 Å². The quantitative estimate of drug-likeness (QED) is 0.795. The predicted molar refractivity (Wildman–Crippen MR) is 81.8 cm³/mol. The third-order valence-electron chi connectivity index (χ3n) is 3.07. The molecule has 1 unspecified atom stereocenters. The topological polar surface area (TPSA) is 110 Å². The number of oxazole rings is 1. The van der Waals surface area contributed by atoms with Crippen LogP contribution in [0, 0.1) is 0 Å². The fourth-order valence-electron chi connectivity index (χ4n) is 2.05. The standard InChI is InChI=1S/C11H13ClN2O6S2/c1-3-13(4-2)22(18,19)10-6-9-8(5-7(10)12)14(21(16)17)11(15)20-9/h5-6H,3-4H2,1-2H3,(H,16,17). The van der Waals surface area contributed by atoms with E-state index in [1.54, 1.807) is 13.8 Å². The third kappa shape index (κ3) is 2.72. The maximum Gasteiger partial charge on any atom is 0.433 e. The molecule has 1 heterocycles. The molecule has 8 nitrogen and oxygen atoms in total. The molecule has 0 aliphatic heterocycles. The van der Waals surface area contributed by atoms with Crippen molar-refractivity contribution in [3.05, 3.63) is 27.7 Å². The van der Waals surface area contributed by atoms with Gasteiger partial charge in [0.25, 0.3) is 11.3 Å². The monoisotopic (exact) mass is 368 g/mol. The van der Waals surface area contributed by atoms with Crippen molar-refractivity contribution in [1.82, 2.24) is 8.28 Å². The van der Waals surface area contributed by atoms with Crippen LogP contribution in [-0.2, 0) is 21.3 Å². The Kier molecular flexibility index (Phi) is 4.78. The Bertz CT molecular complexity index is 897. The van der Waals surface area contributed by atoms with E-state index in [0.717, 1.165) is 12.1 Å². The molecule has 11 heteroatoms. The van der Waals surface area contributed by atoms with E-state index in [1.165, 1.54) is 4.31 Å². The van der Waals surface area contributed by atoms with Crippen molar-refractivity contribution in [2.45, 2.75) is 18.7 Å². The number of sulfonamides is 1. The van der Waals surface area contributed by atoms with Gasteiger partial charge in [0, 0.05) is 19.2 Å². The minimum atomic E-state index is -3.86. The zero-order chi connectivity index (χ0) is 16.7. The van der Waals surface area contributed by atoms with Crippen molar-refractivity contribution in [1.29, 1.82) is 0 Å². The van der Waals surface area contributed by atoms with Gasteiger partial charge in [0.2, 0.25) is 10.0 Å². The van der Waals surface area contributed by atoms with Crippen LogP contribution in [0.25, 0.3) is 11.1 Å². The number of aromatic nitrogens is 1. The maximum atomic E-state index is 12.5. The van der Waals surface area contributed by atoms with E-state index in [1.807, 2.05) is 0 Å². The van der Waals surface area contributed by atoms with E-state index in [0.29, 0.717) is 3.97 Å². The highest BCUT2D eigenvalue weighted by atomic mass is 35.5. The molecular weight excluding hydrogens is 356 g/mol. The zero-order valence-electron chi connectivity index (χ0n) is 11.6. The van der Waals surface area contributed by atoms with Gasteiger partial charge in [-0.2, -0.15) is 8.28 Å². The molecule has 0 bridgehead atoms. The van der Waals surface area contributed by atoms with Crippen LogP contribution in [0.2, 0.25) is 5.02 Å². The van der Waals surface area contributed by atoms with Gasteiger partial charge in [-0.25, -0.2) is 17.4 Å². The summed E-state index contributed by atoms with van der Waals surface area (Å²) in [7, 11) is -3.86. The van der Waals surface area contributed by atoms with Gasteiger partial charge < -0.3 is 4.42 Å². The van der Waals surface area contributed by atoms with E-state index in [-0.39, 0.29) is 34.1 Å². The first-order chi connectivity index (χ1) is 10.2. The number of hydrogen-bond donors (Lipinski definition) is 1. The minimum absolute atomic E-state index is 0.0608. The Hall–Kier alpha value is -1.20. The number of hydrogen-bond acceptors (Lipinski definition) is 5. The molecular formula is C11H13ClN2O6S2. The largest absolute Gasteiger partial charge is 0.433 e. The lowest BCUT2D eigenvalue weighted by Crippen LogP contribution is -2.30. The van der Waals surface area contributed by atoms with Crippen LogP contribution in [0.5, 0.6) is 0 Å². The lowest BCUT2D eigenvalue weighted by Gasteiger charge is -2.19. The Balaban J connectivity index is 2.77. The summed E-state index contributed by atoms with van der Waals surface area (Å²) in [5.74, 6) is -1.08. The van der Waals surface area contributed by atoms with Gasteiger partial charge in [-0.05, 0) is 6.07 Å². The molecule has 22 heavy (non-hydrogen) atoms. The van der Waals surface area contributed by atoms with Crippen LogP contribution < -0.4 is 5.76 Å². The van der Waals surface area contributed by atoms with Gasteiger partial charge in [-0.3, -0.25) is 4.55 Å². The average Bonchev–Trinajstić information content (AvgIpc) is 2.73. The zero-order valence-corrected chi connectivity index (χ0v) is 14.0. The highest BCUT2D eigenvalue weighted by molar-refractivity contribution is 7.89. The predicted octanol–water partition coefficient (Wildman–Crippen LogP) is 1.26. The molecule has 1 atom stereocenters. The fraction of sp³-hybridized carbons (Fsp3) is 0.364. The third-order valence-corrected chi connectivity index (χ3v) is 6.25. The number of rotatable bonds is 5. The second kappa shape index (κ2) is 6.13. The van der Waals surface area contributed by atoms with Crippen LogP contribution in [0.4, 0.5) is 0 Å². The highest BCUT2D eigenvalue weighted by Crippen LogP contribution is 2.29. The molecule has 0 saturated heterocycles. The summed E-state index contributed by atoms with van der Waals surface area (Å²) in [6, 6.07) is 2.20. The second-order valence-electron chi connectivity index (χ2n) is 4.23. The Morgan fingerprint density at radius 1 is 1.36 bits per heavy atom. The number of benzene rings is 1. The molecule has 1 aromatic heterocycles. The summed E-state index contributed by atoms with van der Waals surface area (Å²) in [5.41, 5.74) is -0.197. The summed E-state index contributed by atoms with van der Waals surface area (Å²) >= 11 is 3.35. The van der Waals surface area contributed by atoms with Crippen LogP contribution in [0.1, 0.15) is 13.8 Å². The summed E-state index contributed by atoms with van der Waals surface area (Å²) in [6.45, 7) is 3.86. The van der Waals surface area contributed by atoms with Crippen molar-refractivity contribution in [3.63, 3.8) is 0 Å². The van der Waals surface area contributed by atoms with Crippen molar-refractivity contribution in [3.8, 4) is 0 Å². The highest BCUT2D eigenvalue weighted by Gasteiger charge is 2.27. The van der Waals surface area contributed by atoms with Gasteiger partial charge >= 0.3 is 5.76 Å². The molecule has 1 N–H and O–H groups in total. The van der Waals surface area contributed by atoms with Crippen LogP contribution in [0.15, 0.2) is 26.2 Å². The summed E-state index contributed by atoms with van der Waals surface area (Å²) in [5, 5.41) is -0.167. The van der Waals surface area contributed by atoms with Crippen molar-refractivity contribution >= 4 is 44.0 Å². The molecule has 122 valence electrons. The van der Waals surface area contributed by atoms with Crippen LogP contribution in [0.3, 0.4) is 0 Å². The molecule has 1 aromatic carbocycles. The normalized spacial score (nSPS) is 13.9. The summed E-state index contributed by atoms with van der Waals surface area (Å²) in [4.78, 5) is 11.3. The van der Waals surface area contributed by atoms with Crippen LogP contribution >= 0.6 is 11.6 Å². The van der Waals surface area contributed by atoms with E-state index >= 15 is 0 Å². The van der Waals surface area contributed by atoms with E-state index in [4.69, 9.17) is 20.6 Å². The van der Waals surface area contributed by atoms with Gasteiger partial charge in [0.1, 0.15) is 10.4 Å². The van der Waals surface area contributed by atoms with Gasteiger partial charge in [0.05, 0.1) is 5.02 Å². The first-order valence-electron chi connectivity index (χ1n) is 6.20. The lowest BCUT2D eigenvalue weighted by atomic mass is 10.3. The molecule has 0 spiro atoms. The summed E-state index contributed by atoms with van der Waals surface area (Å²) in [6.07, 6.45) is 0. The fourth-order valence-corrected chi connectivity index (χ4v) is 4.49. The molecule has 0 fully saturated rings. The molecule has 0 aliphatic rings. The molecule has 0 aliphatic carbocycles.